The molecule has 0 saturated carbocycles. The number of benzene rings is 2. The maximum atomic E-state index is 15.2. The van der Waals surface area contributed by atoms with Crippen molar-refractivity contribution in [3.8, 4) is 11.3 Å². The van der Waals surface area contributed by atoms with Crippen molar-refractivity contribution in [2.75, 3.05) is 0 Å². The van der Waals surface area contributed by atoms with Crippen molar-refractivity contribution in [3.05, 3.63) is 60.0 Å². The molecule has 4 rings (SSSR count). The predicted octanol–water partition coefficient (Wildman–Crippen LogP) is 6.63. The molecule has 0 atom stereocenters. The number of halogens is 1. The molecule has 4 heteroatoms. The standard InChI is InChI=1S/C26H31FGeNO/c1-6-7-9-16-28(3,4)24-21(27)15-14-20-19-13-12-18(2)23(25(19)30-26(20)24)22-11-8-10-17-29(22)5/h8,10-15,17H,6-7,9,16H2,1-5H3/q+1. The number of furan rings is 1. The van der Waals surface area contributed by atoms with Gasteiger partial charge in [0.2, 0.25) is 0 Å². The number of aryl methyl sites for hydroxylation is 2. The molecule has 2 aromatic carbocycles. The predicted molar refractivity (Wildman–Crippen MR) is 126 cm³/mol. The summed E-state index contributed by atoms with van der Waals surface area (Å²) in [5.41, 5.74) is 5.00. The van der Waals surface area contributed by atoms with E-state index >= 15 is 4.39 Å². The summed E-state index contributed by atoms with van der Waals surface area (Å²) >= 11 is -2.58. The van der Waals surface area contributed by atoms with Crippen LogP contribution in [0.15, 0.2) is 53.1 Å². The van der Waals surface area contributed by atoms with E-state index in [4.69, 9.17) is 4.42 Å². The van der Waals surface area contributed by atoms with E-state index in [1.54, 1.807) is 6.07 Å². The van der Waals surface area contributed by atoms with Gasteiger partial charge in [-0.1, -0.05) is 0 Å². The van der Waals surface area contributed by atoms with Crippen LogP contribution >= 0.6 is 0 Å². The zero-order chi connectivity index (χ0) is 21.5. The average Bonchev–Trinajstić information content (AvgIpc) is 3.06. The molecule has 0 unspecified atom stereocenters. The number of nitrogens with zero attached hydrogens (tertiary/aromatic N) is 1. The van der Waals surface area contributed by atoms with Crippen LogP contribution in [0.5, 0.6) is 0 Å². The molecule has 156 valence electrons. The molecule has 0 aliphatic carbocycles. The number of rotatable bonds is 6. The Morgan fingerprint density at radius 1 is 0.967 bits per heavy atom. The zero-order valence-electron chi connectivity index (χ0n) is 18.7. The number of pyridine rings is 1. The average molecular weight is 465 g/mol. The van der Waals surface area contributed by atoms with Gasteiger partial charge < -0.3 is 0 Å². The Hall–Kier alpha value is -2.14. The van der Waals surface area contributed by atoms with Crippen molar-refractivity contribution >= 4 is 39.6 Å². The number of fused-ring (bicyclic) bond motifs is 3. The molecule has 2 heterocycles. The minimum absolute atomic E-state index is 0.0911. The third kappa shape index (κ3) is 3.58. The summed E-state index contributed by atoms with van der Waals surface area (Å²) in [7, 11) is 2.05. The molecule has 0 aliphatic rings. The summed E-state index contributed by atoms with van der Waals surface area (Å²) in [5, 5.41) is 3.23. The summed E-state index contributed by atoms with van der Waals surface area (Å²) in [5.74, 6) is 4.56. The first-order chi connectivity index (χ1) is 14.3. The van der Waals surface area contributed by atoms with Gasteiger partial charge in [-0.25, -0.2) is 0 Å². The first-order valence-corrected chi connectivity index (χ1v) is 17.7. The quantitative estimate of drug-likeness (QED) is 0.178. The number of aromatic nitrogens is 1. The summed E-state index contributed by atoms with van der Waals surface area (Å²) in [6.07, 6.45) is 5.62. The minimum atomic E-state index is -2.58. The molecule has 0 bridgehead atoms. The molecule has 4 aromatic rings. The molecule has 0 spiro atoms. The van der Waals surface area contributed by atoms with Crippen molar-refractivity contribution in [2.24, 2.45) is 7.05 Å². The van der Waals surface area contributed by atoms with Crippen LogP contribution in [0.2, 0.25) is 16.8 Å². The SMILES string of the molecule is CCCC[CH2][Ge]([CH3])([CH3])[c]1c(F)ccc2c1oc1c(-c3cccc[n+]3C)c(C)ccc12. The van der Waals surface area contributed by atoms with Crippen molar-refractivity contribution in [1.82, 2.24) is 0 Å². The van der Waals surface area contributed by atoms with Crippen molar-refractivity contribution in [1.29, 1.82) is 0 Å². The summed E-state index contributed by atoms with van der Waals surface area (Å²) in [4.78, 5) is 0. The summed E-state index contributed by atoms with van der Waals surface area (Å²) in [6.45, 7) is 4.33. The van der Waals surface area contributed by atoms with E-state index in [9.17, 15) is 0 Å². The molecular weight excluding hydrogens is 434 g/mol. The van der Waals surface area contributed by atoms with Gasteiger partial charge in [0, 0.05) is 0 Å². The van der Waals surface area contributed by atoms with Crippen molar-refractivity contribution < 1.29 is 13.4 Å². The Labute approximate surface area is 181 Å². The number of hydrogen-bond acceptors (Lipinski definition) is 1. The van der Waals surface area contributed by atoms with Crippen LogP contribution in [-0.4, -0.2) is 13.3 Å². The molecule has 0 N–H and O–H groups in total. The Kier molecular flexibility index (Phi) is 5.76. The second kappa shape index (κ2) is 8.18. The van der Waals surface area contributed by atoms with E-state index in [2.05, 4.69) is 48.1 Å². The zero-order valence-corrected chi connectivity index (χ0v) is 20.8. The fourth-order valence-corrected chi connectivity index (χ4v) is 10.8. The number of unbranched alkanes of at least 4 members (excludes halogenated alkanes) is 2. The molecular formula is C26H31FGeNO+. The van der Waals surface area contributed by atoms with Gasteiger partial charge in [-0.3, -0.25) is 0 Å². The van der Waals surface area contributed by atoms with E-state index in [0.717, 1.165) is 48.4 Å². The van der Waals surface area contributed by atoms with Gasteiger partial charge in [-0.2, -0.15) is 0 Å². The topological polar surface area (TPSA) is 17.0 Å². The third-order valence-corrected chi connectivity index (χ3v) is 13.5. The fourth-order valence-electron chi connectivity index (χ4n) is 4.65. The van der Waals surface area contributed by atoms with Gasteiger partial charge in [0.25, 0.3) is 0 Å². The van der Waals surface area contributed by atoms with Crippen LogP contribution in [0.25, 0.3) is 33.2 Å². The third-order valence-electron chi connectivity index (χ3n) is 6.36. The Morgan fingerprint density at radius 2 is 1.70 bits per heavy atom. The number of hydrogen-bond donors (Lipinski definition) is 0. The van der Waals surface area contributed by atoms with Crippen LogP contribution in [0, 0.1) is 12.7 Å². The second-order valence-corrected chi connectivity index (χ2v) is 19.1. The molecule has 0 aliphatic heterocycles. The van der Waals surface area contributed by atoms with E-state index in [1.165, 1.54) is 19.3 Å². The van der Waals surface area contributed by atoms with E-state index < -0.39 is 13.3 Å². The molecule has 0 fully saturated rings. The summed E-state index contributed by atoms with van der Waals surface area (Å²) < 4.78 is 24.8. The molecule has 0 amide bonds. The second-order valence-electron chi connectivity index (χ2n) is 9.07. The van der Waals surface area contributed by atoms with Crippen LogP contribution in [-0.2, 0) is 7.05 Å². The Morgan fingerprint density at radius 3 is 2.43 bits per heavy atom. The van der Waals surface area contributed by atoms with Gasteiger partial charge in [0.05, 0.1) is 0 Å². The van der Waals surface area contributed by atoms with E-state index in [1.807, 2.05) is 31.4 Å². The normalized spacial score (nSPS) is 12.2. The van der Waals surface area contributed by atoms with Crippen LogP contribution < -0.4 is 8.96 Å². The monoisotopic (exact) mass is 466 g/mol. The van der Waals surface area contributed by atoms with Gasteiger partial charge >= 0.3 is 181 Å². The van der Waals surface area contributed by atoms with Crippen LogP contribution in [0.3, 0.4) is 0 Å². The van der Waals surface area contributed by atoms with E-state index in [-0.39, 0.29) is 5.82 Å². The molecule has 0 saturated heterocycles. The van der Waals surface area contributed by atoms with Gasteiger partial charge in [-0.15, -0.1) is 0 Å². The van der Waals surface area contributed by atoms with Gasteiger partial charge in [0.1, 0.15) is 0 Å². The molecule has 2 aromatic heterocycles. The maximum absolute atomic E-state index is 15.2. The Bertz CT molecular complexity index is 1220. The van der Waals surface area contributed by atoms with Crippen LogP contribution in [0.4, 0.5) is 4.39 Å². The molecule has 0 radical (unpaired) electrons. The molecule has 30 heavy (non-hydrogen) atoms. The Balaban J connectivity index is 2.00. The van der Waals surface area contributed by atoms with Gasteiger partial charge in [0.15, 0.2) is 0 Å². The van der Waals surface area contributed by atoms with Crippen molar-refractivity contribution in [3.63, 3.8) is 0 Å². The van der Waals surface area contributed by atoms with Gasteiger partial charge in [-0.05, 0) is 0 Å². The first-order valence-electron chi connectivity index (χ1n) is 10.9. The molecule has 2 nitrogen and oxygen atoms in total. The van der Waals surface area contributed by atoms with Crippen molar-refractivity contribution in [2.45, 2.75) is 49.9 Å². The fraction of sp³-hybridized carbons (Fsp3) is 0.346. The van der Waals surface area contributed by atoms with E-state index in [0.29, 0.717) is 0 Å². The summed E-state index contributed by atoms with van der Waals surface area (Å²) in [6, 6.07) is 14.0. The van der Waals surface area contributed by atoms with Crippen LogP contribution in [0.1, 0.15) is 31.7 Å². The first kappa shape index (κ1) is 21.1.